The number of halogens is 2. The molecular formula is C19H22F2N2O2. The second kappa shape index (κ2) is 7.96. The second-order valence-electron chi connectivity index (χ2n) is 6.58. The minimum Gasteiger partial charge on any atom is -0.444 e. The van der Waals surface area contributed by atoms with E-state index in [1.54, 1.807) is 20.8 Å². The van der Waals surface area contributed by atoms with Crippen molar-refractivity contribution in [1.29, 1.82) is 0 Å². The van der Waals surface area contributed by atoms with Gasteiger partial charge in [0.15, 0.2) is 11.6 Å². The van der Waals surface area contributed by atoms with Crippen molar-refractivity contribution in [3.63, 3.8) is 0 Å². The molecule has 0 saturated heterocycles. The molecule has 2 rings (SSSR count). The average Bonchev–Trinajstić information content (AvgIpc) is 2.53. The van der Waals surface area contributed by atoms with Gasteiger partial charge < -0.3 is 15.4 Å². The fourth-order valence-corrected chi connectivity index (χ4v) is 2.20. The van der Waals surface area contributed by atoms with Crippen molar-refractivity contribution in [1.82, 2.24) is 5.32 Å². The van der Waals surface area contributed by atoms with E-state index in [1.807, 2.05) is 24.3 Å². The Hall–Kier alpha value is -2.63. The first-order valence-electron chi connectivity index (χ1n) is 7.98. The zero-order valence-electron chi connectivity index (χ0n) is 14.5. The highest BCUT2D eigenvalue weighted by Crippen LogP contribution is 2.18. The number of hydrogen-bond donors (Lipinski definition) is 2. The number of carbonyl (C=O) groups is 1. The van der Waals surface area contributed by atoms with Crippen molar-refractivity contribution in [3.05, 3.63) is 65.2 Å². The molecule has 4 nitrogen and oxygen atoms in total. The number of alkyl carbamates (subject to hydrolysis) is 1. The summed E-state index contributed by atoms with van der Waals surface area (Å²) in [6, 6.07) is 11.4. The van der Waals surface area contributed by atoms with Crippen LogP contribution < -0.4 is 10.6 Å². The molecule has 0 saturated carbocycles. The summed E-state index contributed by atoms with van der Waals surface area (Å²) in [5, 5.41) is 5.75. The highest BCUT2D eigenvalue weighted by atomic mass is 19.2. The summed E-state index contributed by atoms with van der Waals surface area (Å²) in [7, 11) is 0. The number of para-hydroxylation sites is 1. The summed E-state index contributed by atoms with van der Waals surface area (Å²) in [4.78, 5) is 11.8. The van der Waals surface area contributed by atoms with Crippen LogP contribution in [0.15, 0.2) is 42.5 Å². The fraction of sp³-hybridized carbons (Fsp3) is 0.316. The fourth-order valence-electron chi connectivity index (χ4n) is 2.20. The molecule has 0 aliphatic rings. The number of benzene rings is 2. The van der Waals surface area contributed by atoms with Crippen LogP contribution in [0.2, 0.25) is 0 Å². The molecule has 25 heavy (non-hydrogen) atoms. The molecule has 0 heterocycles. The van der Waals surface area contributed by atoms with E-state index in [4.69, 9.17) is 4.74 Å². The van der Waals surface area contributed by atoms with Gasteiger partial charge in [-0.1, -0.05) is 30.3 Å². The molecule has 2 N–H and O–H groups in total. The van der Waals surface area contributed by atoms with E-state index in [9.17, 15) is 13.6 Å². The summed E-state index contributed by atoms with van der Waals surface area (Å²) in [5.41, 5.74) is 1.19. The first-order valence-corrected chi connectivity index (χ1v) is 7.98. The lowest BCUT2D eigenvalue weighted by Gasteiger charge is -2.20. The molecule has 134 valence electrons. The lowest BCUT2D eigenvalue weighted by molar-refractivity contribution is 0.0523. The summed E-state index contributed by atoms with van der Waals surface area (Å²) >= 11 is 0. The van der Waals surface area contributed by atoms with Gasteiger partial charge >= 0.3 is 6.09 Å². The molecule has 0 aliphatic carbocycles. The lowest BCUT2D eigenvalue weighted by Crippen LogP contribution is -2.32. The molecule has 0 radical (unpaired) electrons. The molecule has 0 aliphatic heterocycles. The van der Waals surface area contributed by atoms with Crippen LogP contribution in [0.1, 0.15) is 31.9 Å². The van der Waals surface area contributed by atoms with E-state index in [1.165, 1.54) is 12.1 Å². The Labute approximate surface area is 146 Å². The second-order valence-corrected chi connectivity index (χ2v) is 6.58. The maximum atomic E-state index is 13.7. The molecule has 6 heteroatoms. The monoisotopic (exact) mass is 348 g/mol. The van der Waals surface area contributed by atoms with E-state index in [0.29, 0.717) is 0 Å². The largest absolute Gasteiger partial charge is 0.444 e. The Bertz CT molecular complexity index is 742. The Morgan fingerprint density at radius 2 is 1.68 bits per heavy atom. The van der Waals surface area contributed by atoms with Gasteiger partial charge in [-0.25, -0.2) is 13.6 Å². The van der Waals surface area contributed by atoms with Crippen molar-refractivity contribution in [2.24, 2.45) is 0 Å². The quantitative estimate of drug-likeness (QED) is 0.830. The molecule has 0 aromatic heterocycles. The molecule has 0 unspecified atom stereocenters. The van der Waals surface area contributed by atoms with Crippen LogP contribution in [0.25, 0.3) is 0 Å². The summed E-state index contributed by atoms with van der Waals surface area (Å²) < 4.78 is 32.2. The number of amides is 1. The van der Waals surface area contributed by atoms with E-state index < -0.39 is 23.3 Å². The van der Waals surface area contributed by atoms with Crippen molar-refractivity contribution < 1.29 is 18.3 Å². The summed E-state index contributed by atoms with van der Waals surface area (Å²) in [5.74, 6) is -1.74. The molecule has 0 spiro atoms. The first-order chi connectivity index (χ1) is 11.8. The predicted octanol–water partition coefficient (Wildman–Crippen LogP) is 4.60. The third-order valence-electron chi connectivity index (χ3n) is 3.34. The van der Waals surface area contributed by atoms with Gasteiger partial charge in [-0.2, -0.15) is 0 Å². The number of rotatable bonds is 5. The molecular weight excluding hydrogens is 326 g/mol. The zero-order valence-corrected chi connectivity index (χ0v) is 14.5. The number of ether oxygens (including phenoxy) is 1. The predicted molar refractivity (Wildman–Crippen MR) is 93.2 cm³/mol. The van der Waals surface area contributed by atoms with E-state index in [0.717, 1.165) is 17.3 Å². The van der Waals surface area contributed by atoms with Gasteiger partial charge in [0, 0.05) is 24.3 Å². The Balaban J connectivity index is 2.00. The van der Waals surface area contributed by atoms with Gasteiger partial charge in [0.1, 0.15) is 5.60 Å². The van der Waals surface area contributed by atoms with Crippen molar-refractivity contribution in [2.75, 3.05) is 5.32 Å². The number of hydrogen-bond acceptors (Lipinski definition) is 3. The van der Waals surface area contributed by atoms with Gasteiger partial charge in [0.2, 0.25) is 0 Å². The van der Waals surface area contributed by atoms with Gasteiger partial charge in [0.05, 0.1) is 0 Å². The smallest absolute Gasteiger partial charge is 0.407 e. The molecule has 2 aromatic carbocycles. The Morgan fingerprint density at radius 3 is 2.40 bits per heavy atom. The molecule has 0 bridgehead atoms. The number of anilines is 1. The highest BCUT2D eigenvalue weighted by molar-refractivity contribution is 5.68. The topological polar surface area (TPSA) is 50.4 Å². The Kier molecular flexibility index (Phi) is 5.96. The minimum absolute atomic E-state index is 0.132. The normalized spacial score (nSPS) is 11.1. The average molecular weight is 348 g/mol. The third kappa shape index (κ3) is 5.74. The maximum Gasteiger partial charge on any atom is 0.407 e. The molecule has 0 atom stereocenters. The van der Waals surface area contributed by atoms with Gasteiger partial charge in [-0.05, 0) is 38.5 Å². The van der Waals surface area contributed by atoms with Crippen LogP contribution in [-0.4, -0.2) is 11.7 Å². The maximum absolute atomic E-state index is 13.7. The van der Waals surface area contributed by atoms with Crippen LogP contribution >= 0.6 is 0 Å². The van der Waals surface area contributed by atoms with Crippen molar-refractivity contribution >= 4 is 11.8 Å². The molecule has 0 fully saturated rings. The van der Waals surface area contributed by atoms with E-state index in [-0.39, 0.29) is 18.7 Å². The highest BCUT2D eigenvalue weighted by Gasteiger charge is 2.16. The van der Waals surface area contributed by atoms with E-state index in [2.05, 4.69) is 10.6 Å². The van der Waals surface area contributed by atoms with Crippen molar-refractivity contribution in [2.45, 2.75) is 39.5 Å². The van der Waals surface area contributed by atoms with Crippen LogP contribution in [-0.2, 0) is 17.8 Å². The van der Waals surface area contributed by atoms with Crippen LogP contribution in [0.3, 0.4) is 0 Å². The van der Waals surface area contributed by atoms with Crippen LogP contribution in [0, 0.1) is 11.6 Å². The Morgan fingerprint density at radius 1 is 1.00 bits per heavy atom. The minimum atomic E-state index is -0.876. The standard InChI is InChI=1S/C19H22F2N2O2/c1-19(2,3)25-18(24)23-11-13-7-4-5-10-16(13)22-12-14-8-6-9-15(20)17(14)21/h4-10,22H,11-12H2,1-3H3,(H,23,24). The third-order valence-corrected chi connectivity index (χ3v) is 3.34. The van der Waals surface area contributed by atoms with Crippen LogP contribution in [0.4, 0.5) is 19.3 Å². The van der Waals surface area contributed by atoms with Crippen molar-refractivity contribution in [3.8, 4) is 0 Å². The lowest BCUT2D eigenvalue weighted by atomic mass is 10.1. The van der Waals surface area contributed by atoms with E-state index >= 15 is 0 Å². The molecule has 1 amide bonds. The first kappa shape index (κ1) is 18.7. The molecule has 2 aromatic rings. The van der Waals surface area contributed by atoms with Gasteiger partial charge in [-0.3, -0.25) is 0 Å². The van der Waals surface area contributed by atoms with Gasteiger partial charge in [0.25, 0.3) is 0 Å². The number of nitrogens with one attached hydrogen (secondary N) is 2. The summed E-state index contributed by atoms with van der Waals surface area (Å²) in [6.45, 7) is 5.75. The SMILES string of the molecule is CC(C)(C)OC(=O)NCc1ccccc1NCc1cccc(F)c1F. The zero-order chi connectivity index (χ0) is 18.4. The number of carbonyl (C=O) groups excluding carboxylic acids is 1. The van der Waals surface area contributed by atoms with Crippen LogP contribution in [0.5, 0.6) is 0 Å². The van der Waals surface area contributed by atoms with Gasteiger partial charge in [-0.15, -0.1) is 0 Å². The summed E-state index contributed by atoms with van der Waals surface area (Å²) in [6.07, 6.45) is -0.515.